The fourth-order valence-corrected chi connectivity index (χ4v) is 5.38. The normalized spacial score (nSPS) is 17.1. The predicted molar refractivity (Wildman–Crippen MR) is 133 cm³/mol. The number of hydrogen-bond acceptors (Lipinski definition) is 4. The van der Waals surface area contributed by atoms with Gasteiger partial charge in [-0.3, -0.25) is 10.2 Å². The van der Waals surface area contributed by atoms with E-state index in [0.29, 0.717) is 32.7 Å². The van der Waals surface area contributed by atoms with Crippen LogP contribution in [0.15, 0.2) is 40.9 Å². The van der Waals surface area contributed by atoms with Crippen molar-refractivity contribution in [3.8, 4) is 22.7 Å². The molecule has 1 amide bonds. The van der Waals surface area contributed by atoms with E-state index < -0.39 is 5.60 Å². The van der Waals surface area contributed by atoms with Gasteiger partial charge in [0.1, 0.15) is 11.4 Å². The lowest BCUT2D eigenvalue weighted by Gasteiger charge is -2.34. The van der Waals surface area contributed by atoms with Gasteiger partial charge in [-0.25, -0.2) is 9.69 Å². The topological polar surface area (TPSA) is 59.4 Å². The third-order valence-electron chi connectivity index (χ3n) is 6.02. The number of rotatable bonds is 3. The Morgan fingerprint density at radius 1 is 1.12 bits per heavy atom. The second kappa shape index (κ2) is 8.62. The van der Waals surface area contributed by atoms with Crippen molar-refractivity contribution in [2.45, 2.75) is 38.7 Å². The van der Waals surface area contributed by atoms with Gasteiger partial charge in [0.25, 0.3) is 5.91 Å². The average Bonchev–Trinajstić information content (AvgIpc) is 3.17. The van der Waals surface area contributed by atoms with E-state index >= 15 is 0 Å². The van der Waals surface area contributed by atoms with Crippen molar-refractivity contribution in [1.29, 1.82) is 0 Å². The fourth-order valence-electron chi connectivity index (χ4n) is 4.53. The molecule has 0 unspecified atom stereocenters. The van der Waals surface area contributed by atoms with E-state index in [2.05, 4.69) is 21.4 Å². The van der Waals surface area contributed by atoms with E-state index in [0.717, 1.165) is 41.7 Å². The molecule has 1 saturated heterocycles. The van der Waals surface area contributed by atoms with Gasteiger partial charge >= 0.3 is 0 Å². The lowest BCUT2D eigenvalue weighted by atomic mass is 9.89. The maximum absolute atomic E-state index is 13.5. The number of nitrogens with one attached hydrogen (secondary N) is 1. The van der Waals surface area contributed by atoms with E-state index in [4.69, 9.17) is 33.0 Å². The van der Waals surface area contributed by atoms with Crippen molar-refractivity contribution < 1.29 is 9.53 Å². The zero-order chi connectivity index (χ0) is 23.3. The first kappa shape index (κ1) is 22.7. The Balaban J connectivity index is 1.73. The summed E-state index contributed by atoms with van der Waals surface area (Å²) in [5.41, 5.74) is 5.53. The first-order valence-electron chi connectivity index (χ1n) is 10.9. The highest BCUT2D eigenvalue weighted by molar-refractivity contribution is 9.10. The summed E-state index contributed by atoms with van der Waals surface area (Å²) >= 11 is 16.3. The van der Waals surface area contributed by atoms with E-state index in [1.807, 2.05) is 43.1 Å². The molecule has 3 aromatic rings. The van der Waals surface area contributed by atoms with Gasteiger partial charge in [0.05, 0.1) is 22.0 Å². The van der Waals surface area contributed by atoms with Gasteiger partial charge in [0.2, 0.25) is 0 Å². The minimum absolute atomic E-state index is 0.257. The van der Waals surface area contributed by atoms with Crippen LogP contribution in [0.4, 0.5) is 0 Å². The van der Waals surface area contributed by atoms with Crippen LogP contribution in [0.1, 0.15) is 49.2 Å². The molecule has 0 spiro atoms. The zero-order valence-electron chi connectivity index (χ0n) is 18.3. The Morgan fingerprint density at radius 2 is 1.88 bits per heavy atom. The Kier molecular flexibility index (Phi) is 5.93. The van der Waals surface area contributed by atoms with Crippen molar-refractivity contribution in [2.75, 3.05) is 13.1 Å². The summed E-state index contributed by atoms with van der Waals surface area (Å²) in [5.74, 6) is 0.456. The second-order valence-electron chi connectivity index (χ2n) is 8.82. The number of fused-ring (bicyclic) bond motifs is 3. The van der Waals surface area contributed by atoms with Crippen LogP contribution in [-0.4, -0.2) is 33.8 Å². The molecule has 6 nitrogen and oxygen atoms in total. The largest absolute Gasteiger partial charge is 0.482 e. The smallest absolute Gasteiger partial charge is 0.286 e. The number of nitrogens with zero attached hydrogens (tertiary/aromatic N) is 3. The first-order valence-corrected chi connectivity index (χ1v) is 12.4. The van der Waals surface area contributed by atoms with Crippen LogP contribution in [0, 0.1) is 0 Å². The van der Waals surface area contributed by atoms with E-state index in [9.17, 15) is 4.79 Å². The summed E-state index contributed by atoms with van der Waals surface area (Å²) in [4.78, 5) is 13.5. The lowest BCUT2D eigenvalue weighted by Crippen LogP contribution is -2.46. The van der Waals surface area contributed by atoms with Crippen molar-refractivity contribution in [2.24, 2.45) is 0 Å². The number of hydrogen-bond donors (Lipinski definition) is 1. The number of amides is 1. The van der Waals surface area contributed by atoms with Crippen LogP contribution in [0.5, 0.6) is 5.75 Å². The predicted octanol–water partition coefficient (Wildman–Crippen LogP) is 6.37. The molecule has 2 aliphatic rings. The highest BCUT2D eigenvalue weighted by Gasteiger charge is 2.41. The van der Waals surface area contributed by atoms with Gasteiger partial charge in [0, 0.05) is 28.1 Å². The molecule has 172 valence electrons. The molecule has 0 atom stereocenters. The molecule has 0 bridgehead atoms. The molecule has 0 saturated carbocycles. The summed E-state index contributed by atoms with van der Waals surface area (Å²) in [5, 5.41) is 7.73. The third-order valence-corrected chi connectivity index (χ3v) is 7.05. The van der Waals surface area contributed by atoms with Gasteiger partial charge in [-0.05, 0) is 63.1 Å². The summed E-state index contributed by atoms with van der Waals surface area (Å²) in [6, 6.07) is 11.1. The summed E-state index contributed by atoms with van der Waals surface area (Å²) < 4.78 is 8.98. The van der Waals surface area contributed by atoms with Gasteiger partial charge < -0.3 is 4.74 Å². The average molecular weight is 550 g/mol. The molecule has 5 rings (SSSR count). The summed E-state index contributed by atoms with van der Waals surface area (Å²) in [7, 11) is 0. The Bertz CT molecular complexity index is 1250. The SMILES string of the molecule is CC1(C)Oc2ccc(Br)cc2-c2c1c(C(=O)NN1CCCCC1)nn2-c1ccc(Cl)cc1Cl. The van der Waals surface area contributed by atoms with E-state index in [1.54, 1.807) is 16.8 Å². The molecule has 1 N–H and O–H groups in total. The minimum atomic E-state index is -0.790. The maximum Gasteiger partial charge on any atom is 0.286 e. The number of ether oxygens (including phenoxy) is 1. The van der Waals surface area contributed by atoms with Gasteiger partial charge in [-0.1, -0.05) is 45.6 Å². The van der Waals surface area contributed by atoms with Crippen LogP contribution in [0.25, 0.3) is 16.9 Å². The molecule has 2 aliphatic heterocycles. The quantitative estimate of drug-likeness (QED) is 0.412. The third kappa shape index (κ3) is 4.16. The molecule has 1 aromatic heterocycles. The van der Waals surface area contributed by atoms with Crippen molar-refractivity contribution in [3.63, 3.8) is 0 Å². The minimum Gasteiger partial charge on any atom is -0.482 e. The Morgan fingerprint density at radius 3 is 2.61 bits per heavy atom. The zero-order valence-corrected chi connectivity index (χ0v) is 21.4. The molecular formula is C24H23BrCl2N4O2. The fraction of sp³-hybridized carbons (Fsp3) is 0.333. The Hall–Kier alpha value is -2.06. The highest BCUT2D eigenvalue weighted by atomic mass is 79.9. The van der Waals surface area contributed by atoms with Crippen LogP contribution >= 0.6 is 39.1 Å². The lowest BCUT2D eigenvalue weighted by molar-refractivity contribution is 0.0720. The molecular weight excluding hydrogens is 527 g/mol. The highest BCUT2D eigenvalue weighted by Crippen LogP contribution is 2.48. The monoisotopic (exact) mass is 548 g/mol. The Labute approximate surface area is 210 Å². The number of benzene rings is 2. The molecule has 2 aromatic carbocycles. The maximum atomic E-state index is 13.5. The van der Waals surface area contributed by atoms with E-state index in [1.165, 1.54) is 6.42 Å². The molecule has 3 heterocycles. The molecule has 0 radical (unpaired) electrons. The second-order valence-corrected chi connectivity index (χ2v) is 10.6. The van der Waals surface area contributed by atoms with Crippen molar-refractivity contribution >= 4 is 45.0 Å². The van der Waals surface area contributed by atoms with Crippen molar-refractivity contribution in [1.82, 2.24) is 20.2 Å². The van der Waals surface area contributed by atoms with E-state index in [-0.39, 0.29) is 5.91 Å². The summed E-state index contributed by atoms with van der Waals surface area (Å²) in [6.45, 7) is 5.55. The van der Waals surface area contributed by atoms with Crippen LogP contribution in [-0.2, 0) is 5.60 Å². The number of halogens is 3. The van der Waals surface area contributed by atoms with Gasteiger partial charge in [-0.15, -0.1) is 0 Å². The van der Waals surface area contributed by atoms with Crippen LogP contribution in [0.2, 0.25) is 10.0 Å². The van der Waals surface area contributed by atoms with Crippen LogP contribution < -0.4 is 10.2 Å². The number of hydrazine groups is 1. The first-order chi connectivity index (χ1) is 15.7. The van der Waals surface area contributed by atoms with Crippen molar-refractivity contribution in [3.05, 3.63) is 62.2 Å². The molecule has 0 aliphatic carbocycles. The van der Waals surface area contributed by atoms with Gasteiger partial charge in [0.15, 0.2) is 5.69 Å². The molecule has 33 heavy (non-hydrogen) atoms. The molecule has 9 heteroatoms. The summed E-state index contributed by atoms with van der Waals surface area (Å²) in [6.07, 6.45) is 3.30. The molecule has 1 fully saturated rings. The number of aromatic nitrogens is 2. The number of piperidine rings is 1. The number of carbonyl (C=O) groups excluding carboxylic acids is 1. The van der Waals surface area contributed by atoms with Crippen LogP contribution in [0.3, 0.4) is 0 Å². The van der Waals surface area contributed by atoms with Gasteiger partial charge in [-0.2, -0.15) is 5.10 Å². The number of carbonyl (C=O) groups is 1. The standard InChI is InChI=1S/C24H23BrCl2N4O2/c1-24(2)20-21(23(32)29-30-10-4-3-5-11-30)28-31(18-8-7-15(26)13-17(18)27)22(20)16-12-14(25)6-9-19(16)33-24/h6-9,12-13H,3-5,10-11H2,1-2H3,(H,29,32).